The van der Waals surface area contributed by atoms with Gasteiger partial charge in [-0.2, -0.15) is 0 Å². The van der Waals surface area contributed by atoms with E-state index in [0.717, 1.165) is 0 Å². The fraction of sp³-hybridized carbons (Fsp3) is 0.234. The summed E-state index contributed by atoms with van der Waals surface area (Å²) in [5, 5.41) is 5.92. The van der Waals surface area contributed by atoms with E-state index in [0.29, 0.717) is 23.7 Å². The minimum Gasteiger partial charge on any atom is -0.0622 e. The van der Waals surface area contributed by atoms with Crippen molar-refractivity contribution in [2.24, 2.45) is 11.8 Å². The van der Waals surface area contributed by atoms with Gasteiger partial charge < -0.3 is 0 Å². The highest BCUT2D eigenvalue weighted by atomic mass is 31.1. The lowest BCUT2D eigenvalue weighted by atomic mass is 9.43. The Labute approximate surface area is 295 Å². The number of hydrogen-bond donors (Lipinski definition) is 0. The first-order valence-corrected chi connectivity index (χ1v) is 20.6. The summed E-state index contributed by atoms with van der Waals surface area (Å²) in [5.41, 5.74) is 6.45. The van der Waals surface area contributed by atoms with E-state index in [9.17, 15) is 0 Å². The van der Waals surface area contributed by atoms with Crippen LogP contribution in [-0.2, 0) is 5.41 Å². The Hall–Kier alpha value is -3.82. The molecular weight excluding hydrogens is 626 g/mol. The molecule has 6 aromatic carbocycles. The third-order valence-corrected chi connectivity index (χ3v) is 18.6. The van der Waals surface area contributed by atoms with E-state index in [2.05, 4.69) is 198 Å². The standard InChI is InChI=1S/C47H44P2/c1-45(2,48(33-21-9-5-10-22-33)34-23-11-6-12-24-34)43-41-37-29-17-19-31-39(37)47(41)40-32-20-18-30-38(40)42(47)44(43)46(3,4)49(35-25-13-7-14-26-35)36-27-15-8-16-28-36/h5-32,41-44H,1-4H3/t41?,42?,43-,44-,47?/m0/s1. The predicted octanol–water partition coefficient (Wildman–Crippen LogP) is 10.2. The van der Waals surface area contributed by atoms with Crippen molar-refractivity contribution >= 4 is 37.1 Å². The maximum Gasteiger partial charge on any atom is 0.0351 e. The first-order valence-electron chi connectivity index (χ1n) is 17.9. The molecular formula is C47H44P2. The maximum absolute atomic E-state index is 2.66. The molecule has 1 fully saturated rings. The van der Waals surface area contributed by atoms with E-state index in [4.69, 9.17) is 0 Å². The normalized spacial score (nSPS) is 23.6. The van der Waals surface area contributed by atoms with Crippen molar-refractivity contribution in [2.75, 3.05) is 0 Å². The molecule has 0 aromatic heterocycles. The molecule has 0 N–H and O–H groups in total. The monoisotopic (exact) mass is 670 g/mol. The van der Waals surface area contributed by atoms with E-state index in [-0.39, 0.29) is 15.7 Å². The summed E-state index contributed by atoms with van der Waals surface area (Å²) in [7, 11) is -1.38. The van der Waals surface area contributed by atoms with Gasteiger partial charge in [0, 0.05) is 17.3 Å². The van der Waals surface area contributed by atoms with Crippen molar-refractivity contribution in [2.45, 2.75) is 55.3 Å². The minimum atomic E-state index is -0.690. The van der Waals surface area contributed by atoms with Gasteiger partial charge in [0.15, 0.2) is 0 Å². The van der Waals surface area contributed by atoms with Crippen LogP contribution in [0.15, 0.2) is 170 Å². The quantitative estimate of drug-likeness (QED) is 0.141. The molecule has 0 nitrogen and oxygen atoms in total. The molecule has 6 aromatic rings. The molecule has 49 heavy (non-hydrogen) atoms. The van der Waals surface area contributed by atoms with Gasteiger partial charge in [0.25, 0.3) is 0 Å². The van der Waals surface area contributed by atoms with Crippen LogP contribution in [0.3, 0.4) is 0 Å². The van der Waals surface area contributed by atoms with Crippen LogP contribution in [0.4, 0.5) is 0 Å². The number of hydrogen-bond acceptors (Lipinski definition) is 0. The highest BCUT2D eigenvalue weighted by Crippen LogP contribution is 2.84. The number of fused-ring (bicyclic) bond motifs is 4. The Balaban J connectivity index is 1.32. The minimum absolute atomic E-state index is 0.00536. The van der Waals surface area contributed by atoms with E-state index < -0.39 is 15.8 Å². The fourth-order valence-electron chi connectivity index (χ4n) is 10.9. The average molecular weight is 671 g/mol. The Bertz CT molecular complexity index is 1870. The summed E-state index contributed by atoms with van der Waals surface area (Å²) in [6.45, 7) is 10.6. The fourth-order valence-corrected chi connectivity index (χ4v) is 17.3. The lowest BCUT2D eigenvalue weighted by Gasteiger charge is -2.60. The van der Waals surface area contributed by atoms with Crippen LogP contribution < -0.4 is 21.2 Å². The second kappa shape index (κ2) is 11.6. The zero-order valence-corrected chi connectivity index (χ0v) is 30.7. The average Bonchev–Trinajstić information content (AvgIpc) is 3.36. The van der Waals surface area contributed by atoms with Crippen molar-refractivity contribution in [3.8, 4) is 0 Å². The topological polar surface area (TPSA) is 0 Å². The first-order chi connectivity index (χ1) is 23.9. The molecule has 0 saturated heterocycles. The zero-order valence-electron chi connectivity index (χ0n) is 28.9. The van der Waals surface area contributed by atoms with E-state index in [1.807, 2.05) is 0 Å². The summed E-state index contributed by atoms with van der Waals surface area (Å²) < 4.78 is 0. The highest BCUT2D eigenvalue weighted by Gasteiger charge is 2.77. The third-order valence-electron chi connectivity index (χ3n) is 12.4. The van der Waals surface area contributed by atoms with Crippen molar-refractivity contribution in [3.05, 3.63) is 192 Å². The lowest BCUT2D eigenvalue weighted by Crippen LogP contribution is -2.54. The summed E-state index contributed by atoms with van der Waals surface area (Å²) in [6, 6.07) is 65.1. The molecule has 2 unspecified atom stereocenters. The summed E-state index contributed by atoms with van der Waals surface area (Å²) >= 11 is 0. The van der Waals surface area contributed by atoms with Crippen molar-refractivity contribution in [3.63, 3.8) is 0 Å². The Kier molecular flexibility index (Phi) is 7.40. The lowest BCUT2D eigenvalue weighted by molar-refractivity contribution is 0.240. The van der Waals surface area contributed by atoms with Crippen LogP contribution in [0, 0.1) is 11.8 Å². The van der Waals surface area contributed by atoms with E-state index in [1.165, 1.54) is 21.2 Å². The summed E-state index contributed by atoms with van der Waals surface area (Å²) in [5.74, 6) is 1.87. The third kappa shape index (κ3) is 4.37. The van der Waals surface area contributed by atoms with Crippen LogP contribution in [0.1, 0.15) is 61.8 Å². The molecule has 242 valence electrons. The van der Waals surface area contributed by atoms with Gasteiger partial charge in [-0.25, -0.2) is 0 Å². The Morgan fingerprint density at radius 1 is 0.367 bits per heavy atom. The van der Waals surface area contributed by atoms with Gasteiger partial charge in [0.05, 0.1) is 0 Å². The van der Waals surface area contributed by atoms with Crippen molar-refractivity contribution in [1.82, 2.24) is 0 Å². The Morgan fingerprint density at radius 2 is 0.633 bits per heavy atom. The summed E-state index contributed by atoms with van der Waals surface area (Å²) in [4.78, 5) is 0. The van der Waals surface area contributed by atoms with E-state index in [1.54, 1.807) is 22.3 Å². The van der Waals surface area contributed by atoms with Gasteiger partial charge in [0.2, 0.25) is 0 Å². The molecule has 3 aliphatic carbocycles. The SMILES string of the molecule is CC(C)([C@H]1C2c3ccccc3C23c2ccccc2C3[C@@H]1C(C)(C)P(c1ccccc1)c1ccccc1)P(c1ccccc1)c1ccccc1. The van der Waals surface area contributed by atoms with Gasteiger partial charge in [0.1, 0.15) is 0 Å². The maximum atomic E-state index is 2.66. The predicted molar refractivity (Wildman–Crippen MR) is 212 cm³/mol. The highest BCUT2D eigenvalue weighted by molar-refractivity contribution is 7.75. The second-order valence-electron chi connectivity index (χ2n) is 15.4. The van der Waals surface area contributed by atoms with Gasteiger partial charge in [-0.05, 0) is 81.5 Å². The van der Waals surface area contributed by atoms with Crippen molar-refractivity contribution in [1.29, 1.82) is 0 Å². The number of rotatable bonds is 8. The van der Waals surface area contributed by atoms with Gasteiger partial charge in [-0.3, -0.25) is 0 Å². The molecule has 9 rings (SSSR count). The largest absolute Gasteiger partial charge is 0.0622 e. The molecule has 0 amide bonds. The van der Waals surface area contributed by atoms with Crippen LogP contribution in [-0.4, -0.2) is 10.3 Å². The zero-order chi connectivity index (χ0) is 33.4. The first kappa shape index (κ1) is 31.2. The molecule has 2 heteroatoms. The van der Waals surface area contributed by atoms with Crippen molar-refractivity contribution < 1.29 is 0 Å². The molecule has 4 atom stereocenters. The smallest absolute Gasteiger partial charge is 0.0351 e. The molecule has 0 bridgehead atoms. The second-order valence-corrected chi connectivity index (χ2v) is 21.1. The molecule has 1 spiro atoms. The Morgan fingerprint density at radius 3 is 0.939 bits per heavy atom. The van der Waals surface area contributed by atoms with Gasteiger partial charge in [-0.15, -0.1) is 0 Å². The van der Waals surface area contributed by atoms with E-state index >= 15 is 0 Å². The van der Waals surface area contributed by atoms with Gasteiger partial charge >= 0.3 is 0 Å². The molecule has 0 aliphatic heterocycles. The van der Waals surface area contributed by atoms with Crippen LogP contribution >= 0.6 is 15.8 Å². The van der Waals surface area contributed by atoms with Crippen LogP contribution in [0.5, 0.6) is 0 Å². The van der Waals surface area contributed by atoms with Crippen LogP contribution in [0.25, 0.3) is 0 Å². The summed E-state index contributed by atoms with van der Waals surface area (Å²) in [6.07, 6.45) is 0. The number of benzene rings is 6. The van der Waals surface area contributed by atoms with Crippen LogP contribution in [0.2, 0.25) is 0 Å². The molecule has 3 aliphatic rings. The molecule has 0 radical (unpaired) electrons. The molecule has 0 heterocycles. The van der Waals surface area contributed by atoms with Gasteiger partial charge in [-0.1, -0.05) is 198 Å². The molecule has 1 saturated carbocycles.